The number of aryl methyl sites for hydroxylation is 1. The highest BCUT2D eigenvalue weighted by atomic mass is 35.5. The second-order valence-electron chi connectivity index (χ2n) is 3.98. The lowest BCUT2D eigenvalue weighted by Crippen LogP contribution is -2.00. The van der Waals surface area contributed by atoms with Gasteiger partial charge in [0, 0.05) is 5.88 Å². The van der Waals surface area contributed by atoms with Crippen molar-refractivity contribution in [1.82, 2.24) is 0 Å². The molecule has 1 aromatic carbocycles. The lowest BCUT2D eigenvalue weighted by Gasteiger charge is -2.12. The molecule has 0 fully saturated rings. The molecule has 0 heterocycles. The molecule has 0 N–H and O–H groups in total. The van der Waals surface area contributed by atoms with Gasteiger partial charge < -0.3 is 9.47 Å². The van der Waals surface area contributed by atoms with Crippen LogP contribution >= 0.6 is 11.6 Å². The molecule has 0 radical (unpaired) electrons. The molecule has 0 saturated heterocycles. The summed E-state index contributed by atoms with van der Waals surface area (Å²) < 4.78 is 11.0. The van der Waals surface area contributed by atoms with E-state index in [9.17, 15) is 0 Å². The van der Waals surface area contributed by atoms with Crippen molar-refractivity contribution in [3.63, 3.8) is 0 Å². The molecule has 0 amide bonds. The summed E-state index contributed by atoms with van der Waals surface area (Å²) in [6.07, 6.45) is 4.17. The van der Waals surface area contributed by atoms with Crippen LogP contribution in [0, 0.1) is 0 Å². The van der Waals surface area contributed by atoms with Gasteiger partial charge in [-0.25, -0.2) is 0 Å². The number of hydrogen-bond acceptors (Lipinski definition) is 2. The highest BCUT2D eigenvalue weighted by Gasteiger charge is 2.05. The minimum absolute atomic E-state index is 0.693. The molecule has 1 aromatic rings. The van der Waals surface area contributed by atoms with Gasteiger partial charge in [-0.05, 0) is 37.0 Å². The normalized spacial score (nSPS) is 10.3. The Labute approximate surface area is 109 Å². The first-order valence-electron chi connectivity index (χ1n) is 6.17. The van der Waals surface area contributed by atoms with Gasteiger partial charge in [0.2, 0.25) is 0 Å². The van der Waals surface area contributed by atoms with Crippen LogP contribution in [0.3, 0.4) is 0 Å². The third-order valence-corrected chi connectivity index (χ3v) is 2.85. The molecule has 0 aromatic heterocycles. The largest absolute Gasteiger partial charge is 0.493 e. The van der Waals surface area contributed by atoms with Crippen molar-refractivity contribution in [2.75, 3.05) is 19.6 Å². The highest BCUT2D eigenvalue weighted by molar-refractivity contribution is 6.17. The van der Waals surface area contributed by atoms with Gasteiger partial charge in [-0.15, -0.1) is 11.6 Å². The van der Waals surface area contributed by atoms with Gasteiger partial charge in [0.05, 0.1) is 13.7 Å². The van der Waals surface area contributed by atoms with Crippen molar-refractivity contribution in [2.45, 2.75) is 32.6 Å². The SMILES string of the molecule is CCCCOc1cc(CCCCl)ccc1OC. The van der Waals surface area contributed by atoms with Crippen LogP contribution < -0.4 is 9.47 Å². The van der Waals surface area contributed by atoms with Crippen LogP contribution in [0.15, 0.2) is 18.2 Å². The Balaban J connectivity index is 2.68. The van der Waals surface area contributed by atoms with E-state index in [2.05, 4.69) is 19.1 Å². The summed E-state index contributed by atoms with van der Waals surface area (Å²) in [5.41, 5.74) is 1.25. The first-order chi connectivity index (χ1) is 8.31. The van der Waals surface area contributed by atoms with E-state index in [1.54, 1.807) is 7.11 Å². The summed E-state index contributed by atoms with van der Waals surface area (Å²) in [4.78, 5) is 0. The third-order valence-electron chi connectivity index (χ3n) is 2.58. The number of methoxy groups -OCH3 is 1. The van der Waals surface area contributed by atoms with Crippen LogP contribution in [0.5, 0.6) is 11.5 Å². The second-order valence-corrected chi connectivity index (χ2v) is 4.36. The molecule has 0 bridgehead atoms. The molecule has 2 nitrogen and oxygen atoms in total. The number of rotatable bonds is 8. The number of ether oxygens (including phenoxy) is 2. The smallest absolute Gasteiger partial charge is 0.161 e. The van der Waals surface area contributed by atoms with Gasteiger partial charge in [0.1, 0.15) is 0 Å². The summed E-state index contributed by atoms with van der Waals surface area (Å²) >= 11 is 5.70. The first kappa shape index (κ1) is 14.2. The van der Waals surface area contributed by atoms with E-state index in [1.165, 1.54) is 5.56 Å². The molecule has 17 heavy (non-hydrogen) atoms. The van der Waals surface area contributed by atoms with Crippen molar-refractivity contribution in [2.24, 2.45) is 0 Å². The molecule has 0 unspecified atom stereocenters. The van der Waals surface area contributed by atoms with E-state index < -0.39 is 0 Å². The zero-order valence-corrected chi connectivity index (χ0v) is 11.4. The Kier molecular flexibility index (Phi) is 6.87. The molecular formula is C14H21ClO2. The van der Waals surface area contributed by atoms with Gasteiger partial charge in [-0.3, -0.25) is 0 Å². The lowest BCUT2D eigenvalue weighted by molar-refractivity contribution is 0.288. The number of halogens is 1. The maximum absolute atomic E-state index is 5.73. The Morgan fingerprint density at radius 2 is 2.00 bits per heavy atom. The molecule has 0 aliphatic carbocycles. The fourth-order valence-corrected chi connectivity index (χ4v) is 1.72. The van der Waals surface area contributed by atoms with Crippen molar-refractivity contribution in [1.29, 1.82) is 0 Å². The van der Waals surface area contributed by atoms with Crippen molar-refractivity contribution >= 4 is 11.6 Å². The molecular weight excluding hydrogens is 236 g/mol. The van der Waals surface area contributed by atoms with Crippen LogP contribution in [-0.2, 0) is 6.42 Å². The molecule has 0 atom stereocenters. The van der Waals surface area contributed by atoms with Crippen molar-refractivity contribution in [3.05, 3.63) is 23.8 Å². The molecule has 0 aliphatic rings. The number of unbranched alkanes of at least 4 members (excludes halogenated alkanes) is 1. The maximum Gasteiger partial charge on any atom is 0.161 e. The van der Waals surface area contributed by atoms with E-state index in [1.807, 2.05) is 6.07 Å². The van der Waals surface area contributed by atoms with Crippen molar-refractivity contribution in [3.8, 4) is 11.5 Å². The fraction of sp³-hybridized carbons (Fsp3) is 0.571. The Bertz CT molecular complexity index is 326. The molecule has 0 aliphatic heterocycles. The Hall–Kier alpha value is -0.890. The zero-order chi connectivity index (χ0) is 12.5. The standard InChI is InChI=1S/C14H21ClO2/c1-3-4-10-17-14-11-12(6-5-9-15)7-8-13(14)16-2/h7-8,11H,3-6,9-10H2,1-2H3. The zero-order valence-electron chi connectivity index (χ0n) is 10.7. The van der Waals surface area contributed by atoms with Gasteiger partial charge in [-0.2, -0.15) is 0 Å². The summed E-state index contributed by atoms with van der Waals surface area (Å²) in [6, 6.07) is 6.09. The monoisotopic (exact) mass is 256 g/mol. The Morgan fingerprint density at radius 1 is 1.18 bits per heavy atom. The quantitative estimate of drug-likeness (QED) is 0.516. The fourth-order valence-electron chi connectivity index (χ4n) is 1.59. The average molecular weight is 257 g/mol. The maximum atomic E-state index is 5.73. The van der Waals surface area contributed by atoms with Crippen LogP contribution in [-0.4, -0.2) is 19.6 Å². The number of hydrogen-bond donors (Lipinski definition) is 0. The van der Waals surface area contributed by atoms with Crippen LogP contribution in [0.4, 0.5) is 0 Å². The first-order valence-corrected chi connectivity index (χ1v) is 6.71. The summed E-state index contributed by atoms with van der Waals surface area (Å²) in [5, 5.41) is 0. The van der Waals surface area contributed by atoms with Gasteiger partial charge in [-0.1, -0.05) is 19.4 Å². The van der Waals surface area contributed by atoms with Crippen LogP contribution in [0.25, 0.3) is 0 Å². The van der Waals surface area contributed by atoms with E-state index in [0.29, 0.717) is 5.88 Å². The lowest BCUT2D eigenvalue weighted by atomic mass is 10.1. The number of alkyl halides is 1. The Morgan fingerprint density at radius 3 is 2.65 bits per heavy atom. The summed E-state index contributed by atoms with van der Waals surface area (Å²) in [6.45, 7) is 2.89. The van der Waals surface area contributed by atoms with E-state index in [-0.39, 0.29) is 0 Å². The molecule has 0 saturated carbocycles. The van der Waals surface area contributed by atoms with Crippen LogP contribution in [0.2, 0.25) is 0 Å². The molecule has 0 spiro atoms. The number of benzene rings is 1. The minimum atomic E-state index is 0.693. The topological polar surface area (TPSA) is 18.5 Å². The predicted octanol–water partition coefficient (Wildman–Crippen LogP) is 4.05. The molecule has 3 heteroatoms. The molecule has 1 rings (SSSR count). The van der Waals surface area contributed by atoms with E-state index >= 15 is 0 Å². The third kappa shape index (κ3) is 4.86. The van der Waals surface area contributed by atoms with Gasteiger partial charge in [0.15, 0.2) is 11.5 Å². The second kappa shape index (κ2) is 8.24. The highest BCUT2D eigenvalue weighted by Crippen LogP contribution is 2.28. The summed E-state index contributed by atoms with van der Waals surface area (Å²) in [7, 11) is 1.67. The van der Waals surface area contributed by atoms with Gasteiger partial charge in [0.25, 0.3) is 0 Å². The predicted molar refractivity (Wildman–Crippen MR) is 72.4 cm³/mol. The van der Waals surface area contributed by atoms with Gasteiger partial charge >= 0.3 is 0 Å². The molecule has 96 valence electrons. The van der Waals surface area contributed by atoms with Crippen molar-refractivity contribution < 1.29 is 9.47 Å². The van der Waals surface area contributed by atoms with E-state index in [0.717, 1.165) is 43.8 Å². The van der Waals surface area contributed by atoms with Crippen LogP contribution in [0.1, 0.15) is 31.7 Å². The summed E-state index contributed by atoms with van der Waals surface area (Å²) in [5.74, 6) is 2.33. The van der Waals surface area contributed by atoms with E-state index in [4.69, 9.17) is 21.1 Å². The minimum Gasteiger partial charge on any atom is -0.493 e. The average Bonchev–Trinajstić information content (AvgIpc) is 2.37.